The fourth-order valence-electron chi connectivity index (χ4n) is 1.29. The zero-order chi connectivity index (χ0) is 11.4. The van der Waals surface area contributed by atoms with E-state index in [1.54, 1.807) is 11.8 Å². The summed E-state index contributed by atoms with van der Waals surface area (Å²) in [5.41, 5.74) is 1.66. The van der Waals surface area contributed by atoms with Crippen LogP contribution in [0.15, 0.2) is 4.79 Å². The van der Waals surface area contributed by atoms with Crippen LogP contribution in [0.2, 0.25) is 0 Å². The van der Waals surface area contributed by atoms with Gasteiger partial charge in [0.25, 0.3) is 5.56 Å². The summed E-state index contributed by atoms with van der Waals surface area (Å²) in [6.45, 7) is 8.12. The SMILES string of the molecule is CCc1nc(CSC(C)C)[nH]c(=O)c1C. The average molecular weight is 226 g/mol. The number of hydrogen-bond donors (Lipinski definition) is 1. The van der Waals surface area contributed by atoms with Crippen molar-refractivity contribution >= 4 is 11.8 Å². The zero-order valence-corrected chi connectivity index (χ0v) is 10.6. The van der Waals surface area contributed by atoms with Gasteiger partial charge in [0.05, 0.1) is 11.4 Å². The molecular formula is C11H18N2OS. The number of aromatic nitrogens is 2. The minimum absolute atomic E-state index is 0.00112. The second-order valence-electron chi connectivity index (χ2n) is 3.80. The Balaban J connectivity index is 2.91. The van der Waals surface area contributed by atoms with E-state index in [-0.39, 0.29) is 5.56 Å². The van der Waals surface area contributed by atoms with Crippen LogP contribution >= 0.6 is 11.8 Å². The zero-order valence-electron chi connectivity index (χ0n) is 9.76. The molecule has 84 valence electrons. The molecule has 0 spiro atoms. The van der Waals surface area contributed by atoms with E-state index in [4.69, 9.17) is 0 Å². The summed E-state index contributed by atoms with van der Waals surface area (Å²) in [5.74, 6) is 1.57. The summed E-state index contributed by atoms with van der Waals surface area (Å²) >= 11 is 1.79. The van der Waals surface area contributed by atoms with Gasteiger partial charge in [-0.1, -0.05) is 20.8 Å². The lowest BCUT2D eigenvalue weighted by Crippen LogP contribution is -2.17. The molecule has 1 rings (SSSR count). The van der Waals surface area contributed by atoms with Crippen LogP contribution in [0.25, 0.3) is 0 Å². The lowest BCUT2D eigenvalue weighted by atomic mass is 10.2. The van der Waals surface area contributed by atoms with Gasteiger partial charge in [-0.15, -0.1) is 0 Å². The normalized spacial score (nSPS) is 11.0. The predicted molar refractivity (Wildman–Crippen MR) is 65.4 cm³/mol. The molecule has 1 heterocycles. The van der Waals surface area contributed by atoms with Crippen molar-refractivity contribution in [1.29, 1.82) is 0 Å². The monoisotopic (exact) mass is 226 g/mol. The van der Waals surface area contributed by atoms with Crippen LogP contribution in [0.5, 0.6) is 0 Å². The highest BCUT2D eigenvalue weighted by Crippen LogP contribution is 2.14. The maximum atomic E-state index is 11.6. The van der Waals surface area contributed by atoms with Gasteiger partial charge in [-0.3, -0.25) is 4.79 Å². The maximum Gasteiger partial charge on any atom is 0.254 e. The maximum absolute atomic E-state index is 11.6. The predicted octanol–water partition coefficient (Wildman–Crippen LogP) is 2.28. The van der Waals surface area contributed by atoms with Crippen molar-refractivity contribution in [2.24, 2.45) is 0 Å². The van der Waals surface area contributed by atoms with Crippen molar-refractivity contribution in [2.75, 3.05) is 0 Å². The standard InChI is InChI=1S/C11H18N2OS/c1-5-9-8(4)11(14)13-10(12-9)6-15-7(2)3/h7H,5-6H2,1-4H3,(H,12,13,14). The number of rotatable bonds is 4. The first-order valence-corrected chi connectivity index (χ1v) is 6.29. The van der Waals surface area contributed by atoms with Crippen molar-refractivity contribution in [3.8, 4) is 0 Å². The Labute approximate surface area is 94.7 Å². The first-order valence-electron chi connectivity index (χ1n) is 5.24. The lowest BCUT2D eigenvalue weighted by molar-refractivity contribution is 0.894. The molecule has 0 fully saturated rings. The van der Waals surface area contributed by atoms with Crippen LogP contribution in [-0.4, -0.2) is 15.2 Å². The highest BCUT2D eigenvalue weighted by atomic mass is 32.2. The Kier molecular flexibility index (Phi) is 4.39. The van der Waals surface area contributed by atoms with Crippen LogP contribution in [0, 0.1) is 6.92 Å². The fourth-order valence-corrected chi connectivity index (χ4v) is 1.92. The topological polar surface area (TPSA) is 45.8 Å². The first kappa shape index (κ1) is 12.3. The van der Waals surface area contributed by atoms with E-state index in [1.807, 2.05) is 13.8 Å². The van der Waals surface area contributed by atoms with E-state index in [1.165, 1.54) is 0 Å². The van der Waals surface area contributed by atoms with Crippen molar-refractivity contribution in [2.45, 2.75) is 45.1 Å². The van der Waals surface area contributed by atoms with Gasteiger partial charge in [0.15, 0.2) is 0 Å². The Bertz CT molecular complexity index is 385. The molecule has 0 radical (unpaired) electrons. The fraction of sp³-hybridized carbons (Fsp3) is 0.636. The number of nitrogens with one attached hydrogen (secondary N) is 1. The van der Waals surface area contributed by atoms with E-state index in [0.29, 0.717) is 5.25 Å². The van der Waals surface area contributed by atoms with Crippen LogP contribution in [0.1, 0.15) is 37.9 Å². The van der Waals surface area contributed by atoms with E-state index in [9.17, 15) is 4.79 Å². The second-order valence-corrected chi connectivity index (χ2v) is 5.36. The Morgan fingerprint density at radius 3 is 2.67 bits per heavy atom. The van der Waals surface area contributed by atoms with Gasteiger partial charge in [0.1, 0.15) is 5.82 Å². The molecule has 15 heavy (non-hydrogen) atoms. The molecular weight excluding hydrogens is 208 g/mol. The van der Waals surface area contributed by atoms with E-state index in [2.05, 4.69) is 23.8 Å². The molecule has 0 aliphatic carbocycles. The summed E-state index contributed by atoms with van der Waals surface area (Å²) in [6, 6.07) is 0. The molecule has 1 aromatic rings. The van der Waals surface area contributed by atoms with Gasteiger partial charge in [-0.25, -0.2) is 4.98 Å². The van der Waals surface area contributed by atoms with Gasteiger partial charge >= 0.3 is 0 Å². The summed E-state index contributed by atoms with van der Waals surface area (Å²) < 4.78 is 0. The number of hydrogen-bond acceptors (Lipinski definition) is 3. The summed E-state index contributed by atoms with van der Waals surface area (Å²) in [7, 11) is 0. The Morgan fingerprint density at radius 1 is 1.47 bits per heavy atom. The lowest BCUT2D eigenvalue weighted by Gasteiger charge is -2.07. The van der Waals surface area contributed by atoms with Crippen molar-refractivity contribution in [3.05, 3.63) is 27.4 Å². The molecule has 0 bridgehead atoms. The quantitative estimate of drug-likeness (QED) is 0.856. The van der Waals surface area contributed by atoms with E-state index in [0.717, 1.165) is 29.3 Å². The van der Waals surface area contributed by atoms with Crippen molar-refractivity contribution in [1.82, 2.24) is 9.97 Å². The minimum atomic E-state index is 0.00112. The molecule has 0 unspecified atom stereocenters. The van der Waals surface area contributed by atoms with Gasteiger partial charge in [0.2, 0.25) is 0 Å². The third-order valence-electron chi connectivity index (χ3n) is 2.19. The smallest absolute Gasteiger partial charge is 0.254 e. The molecule has 3 nitrogen and oxygen atoms in total. The molecule has 0 saturated carbocycles. The first-order chi connectivity index (χ1) is 7.04. The number of thioether (sulfide) groups is 1. The van der Waals surface area contributed by atoms with Crippen molar-refractivity contribution in [3.63, 3.8) is 0 Å². The molecule has 1 N–H and O–H groups in total. The van der Waals surface area contributed by atoms with Gasteiger partial charge in [-0.05, 0) is 18.6 Å². The number of aryl methyl sites for hydroxylation is 1. The third kappa shape index (κ3) is 3.38. The van der Waals surface area contributed by atoms with Gasteiger partial charge in [0, 0.05) is 5.56 Å². The largest absolute Gasteiger partial charge is 0.310 e. The minimum Gasteiger partial charge on any atom is -0.310 e. The Hall–Kier alpha value is -0.770. The molecule has 0 aromatic carbocycles. The van der Waals surface area contributed by atoms with Crippen LogP contribution in [-0.2, 0) is 12.2 Å². The molecule has 0 saturated heterocycles. The van der Waals surface area contributed by atoms with Crippen molar-refractivity contribution < 1.29 is 0 Å². The number of nitrogens with zero attached hydrogens (tertiary/aromatic N) is 1. The molecule has 1 aromatic heterocycles. The third-order valence-corrected chi connectivity index (χ3v) is 3.30. The van der Waals surface area contributed by atoms with Crippen LogP contribution in [0.3, 0.4) is 0 Å². The van der Waals surface area contributed by atoms with Crippen LogP contribution in [0.4, 0.5) is 0 Å². The summed E-state index contributed by atoms with van der Waals surface area (Å²) in [6.07, 6.45) is 0.815. The highest BCUT2D eigenvalue weighted by molar-refractivity contribution is 7.99. The number of aromatic amines is 1. The average Bonchev–Trinajstić information content (AvgIpc) is 2.19. The van der Waals surface area contributed by atoms with E-state index < -0.39 is 0 Å². The van der Waals surface area contributed by atoms with Gasteiger partial charge in [-0.2, -0.15) is 11.8 Å². The Morgan fingerprint density at radius 2 is 2.13 bits per heavy atom. The highest BCUT2D eigenvalue weighted by Gasteiger charge is 2.06. The molecule has 0 aliphatic heterocycles. The number of H-pyrrole nitrogens is 1. The molecule has 0 amide bonds. The summed E-state index contributed by atoms with van der Waals surface area (Å²) in [4.78, 5) is 18.8. The molecule has 0 aliphatic rings. The van der Waals surface area contributed by atoms with Gasteiger partial charge < -0.3 is 4.98 Å². The van der Waals surface area contributed by atoms with Crippen LogP contribution < -0.4 is 5.56 Å². The molecule has 0 atom stereocenters. The second kappa shape index (κ2) is 5.35. The summed E-state index contributed by atoms with van der Waals surface area (Å²) in [5, 5.41) is 0.557. The van der Waals surface area contributed by atoms with E-state index >= 15 is 0 Å². The molecule has 4 heteroatoms.